The maximum atomic E-state index is 13.3. The van der Waals surface area contributed by atoms with E-state index >= 15 is 0 Å². The fourth-order valence-electron chi connectivity index (χ4n) is 3.17. The molecule has 2 aromatic carbocycles. The SMILES string of the molecule is CCCC(=O)OC[C@@H](O)CN(Cc1ccc(F)cc1)Cc1cccc(OC)c1OC. The van der Waals surface area contributed by atoms with Crippen molar-refractivity contribution in [1.82, 2.24) is 4.90 Å². The van der Waals surface area contributed by atoms with Crippen LogP contribution < -0.4 is 9.47 Å². The molecule has 0 unspecified atom stereocenters. The van der Waals surface area contributed by atoms with Gasteiger partial charge in [-0.3, -0.25) is 9.69 Å². The Kier molecular flexibility index (Phi) is 9.57. The molecule has 0 aromatic heterocycles. The van der Waals surface area contributed by atoms with E-state index in [2.05, 4.69) is 0 Å². The van der Waals surface area contributed by atoms with Crippen LogP contribution in [0.1, 0.15) is 30.9 Å². The molecule has 6 nitrogen and oxygen atoms in total. The van der Waals surface area contributed by atoms with Crippen molar-refractivity contribution in [2.45, 2.75) is 39.0 Å². The normalized spacial score (nSPS) is 11.9. The zero-order chi connectivity index (χ0) is 21.9. The van der Waals surface area contributed by atoms with Gasteiger partial charge >= 0.3 is 5.97 Å². The van der Waals surface area contributed by atoms with Crippen molar-refractivity contribution in [2.24, 2.45) is 0 Å². The summed E-state index contributed by atoms with van der Waals surface area (Å²) in [5.74, 6) is 0.609. The van der Waals surface area contributed by atoms with Crippen LogP contribution in [-0.4, -0.2) is 49.5 Å². The van der Waals surface area contributed by atoms with Crippen LogP contribution in [0.15, 0.2) is 42.5 Å². The first-order valence-corrected chi connectivity index (χ1v) is 9.97. The molecule has 30 heavy (non-hydrogen) atoms. The maximum Gasteiger partial charge on any atom is 0.305 e. The van der Waals surface area contributed by atoms with E-state index in [0.717, 1.165) is 11.1 Å². The van der Waals surface area contributed by atoms with Crippen LogP contribution in [0.5, 0.6) is 11.5 Å². The summed E-state index contributed by atoms with van der Waals surface area (Å²) in [5, 5.41) is 10.4. The molecule has 1 atom stereocenters. The summed E-state index contributed by atoms with van der Waals surface area (Å²) in [6, 6.07) is 11.8. The number of nitrogens with zero attached hydrogens (tertiary/aromatic N) is 1. The molecular formula is C23H30FNO5. The van der Waals surface area contributed by atoms with Crippen LogP contribution in [0.2, 0.25) is 0 Å². The van der Waals surface area contributed by atoms with Crippen molar-refractivity contribution < 1.29 is 28.5 Å². The van der Waals surface area contributed by atoms with E-state index in [0.29, 0.717) is 37.4 Å². The fourth-order valence-corrected chi connectivity index (χ4v) is 3.17. The summed E-state index contributed by atoms with van der Waals surface area (Å²) in [6.45, 7) is 3.01. The molecule has 0 saturated heterocycles. The number of hydrogen-bond donors (Lipinski definition) is 1. The predicted octanol–water partition coefficient (Wildman–Crippen LogP) is 3.55. The lowest BCUT2D eigenvalue weighted by Gasteiger charge is -2.26. The lowest BCUT2D eigenvalue weighted by molar-refractivity contribution is -0.147. The number of halogens is 1. The van der Waals surface area contributed by atoms with Gasteiger partial charge in [0, 0.05) is 31.6 Å². The van der Waals surface area contributed by atoms with Crippen molar-refractivity contribution in [3.63, 3.8) is 0 Å². The van der Waals surface area contributed by atoms with Crippen molar-refractivity contribution in [1.29, 1.82) is 0 Å². The lowest BCUT2D eigenvalue weighted by atomic mass is 10.1. The molecule has 0 fully saturated rings. The minimum absolute atomic E-state index is 0.0754. The van der Waals surface area contributed by atoms with Crippen molar-refractivity contribution >= 4 is 5.97 Å². The van der Waals surface area contributed by atoms with Crippen molar-refractivity contribution in [3.05, 3.63) is 59.4 Å². The predicted molar refractivity (Wildman–Crippen MR) is 112 cm³/mol. The smallest absolute Gasteiger partial charge is 0.305 e. The zero-order valence-corrected chi connectivity index (χ0v) is 17.8. The highest BCUT2D eigenvalue weighted by atomic mass is 19.1. The number of hydrogen-bond acceptors (Lipinski definition) is 6. The molecule has 2 aromatic rings. The molecule has 7 heteroatoms. The Morgan fingerprint density at radius 1 is 1.10 bits per heavy atom. The van der Waals surface area contributed by atoms with Crippen LogP contribution in [0.25, 0.3) is 0 Å². The molecule has 0 spiro atoms. The topological polar surface area (TPSA) is 68.2 Å². The number of benzene rings is 2. The number of para-hydroxylation sites is 1. The Bertz CT molecular complexity index is 797. The molecule has 1 N–H and O–H groups in total. The third-order valence-electron chi connectivity index (χ3n) is 4.56. The Labute approximate surface area is 177 Å². The van der Waals surface area contributed by atoms with Gasteiger partial charge in [-0.05, 0) is 30.2 Å². The molecule has 0 radical (unpaired) electrons. The summed E-state index contributed by atoms with van der Waals surface area (Å²) in [5.41, 5.74) is 1.78. The van der Waals surface area contributed by atoms with E-state index in [1.807, 2.05) is 30.0 Å². The second-order valence-corrected chi connectivity index (χ2v) is 7.04. The summed E-state index contributed by atoms with van der Waals surface area (Å²) in [6.07, 6.45) is 0.164. The van der Waals surface area contributed by atoms with Gasteiger partial charge in [-0.25, -0.2) is 4.39 Å². The Morgan fingerprint density at radius 3 is 2.47 bits per heavy atom. The maximum absolute atomic E-state index is 13.3. The molecule has 164 valence electrons. The number of esters is 1. The second-order valence-electron chi connectivity index (χ2n) is 7.04. The largest absolute Gasteiger partial charge is 0.493 e. The van der Waals surface area contributed by atoms with Gasteiger partial charge in [-0.15, -0.1) is 0 Å². The summed E-state index contributed by atoms with van der Waals surface area (Å²) in [7, 11) is 3.15. The van der Waals surface area contributed by atoms with Gasteiger partial charge in [0.15, 0.2) is 11.5 Å². The average Bonchev–Trinajstić information content (AvgIpc) is 2.73. The van der Waals surface area contributed by atoms with Crippen LogP contribution in [-0.2, 0) is 22.6 Å². The van der Waals surface area contributed by atoms with Gasteiger partial charge in [0.05, 0.1) is 14.2 Å². The molecule has 0 heterocycles. The highest BCUT2D eigenvalue weighted by molar-refractivity contribution is 5.69. The molecule has 0 aliphatic carbocycles. The van der Waals surface area contributed by atoms with Crippen LogP contribution in [0.3, 0.4) is 0 Å². The first kappa shape index (κ1) is 23.6. The molecule has 0 bridgehead atoms. The monoisotopic (exact) mass is 419 g/mol. The third-order valence-corrected chi connectivity index (χ3v) is 4.56. The van der Waals surface area contributed by atoms with E-state index < -0.39 is 6.10 Å². The first-order valence-electron chi connectivity index (χ1n) is 9.97. The summed E-state index contributed by atoms with van der Waals surface area (Å²) in [4.78, 5) is 13.6. The molecular weight excluding hydrogens is 389 g/mol. The number of ether oxygens (including phenoxy) is 3. The molecule has 0 aliphatic heterocycles. The number of aliphatic hydroxyl groups excluding tert-OH is 1. The van der Waals surface area contributed by atoms with Gasteiger partial charge in [0.25, 0.3) is 0 Å². The van der Waals surface area contributed by atoms with E-state index in [4.69, 9.17) is 14.2 Å². The highest BCUT2D eigenvalue weighted by Crippen LogP contribution is 2.31. The summed E-state index contributed by atoms with van der Waals surface area (Å²) < 4.78 is 29.3. The van der Waals surface area contributed by atoms with Crippen LogP contribution in [0, 0.1) is 5.82 Å². The minimum Gasteiger partial charge on any atom is -0.493 e. The van der Waals surface area contributed by atoms with Gasteiger partial charge in [-0.2, -0.15) is 0 Å². The molecule has 2 rings (SSSR count). The van der Waals surface area contributed by atoms with Crippen LogP contribution in [0.4, 0.5) is 4.39 Å². The van der Waals surface area contributed by atoms with E-state index in [-0.39, 0.29) is 24.9 Å². The van der Waals surface area contributed by atoms with Gasteiger partial charge < -0.3 is 19.3 Å². The lowest BCUT2D eigenvalue weighted by Crippen LogP contribution is -2.35. The molecule has 0 amide bonds. The van der Waals surface area contributed by atoms with Gasteiger partial charge in [0.1, 0.15) is 18.5 Å². The van der Waals surface area contributed by atoms with Crippen molar-refractivity contribution in [2.75, 3.05) is 27.4 Å². The summed E-state index contributed by atoms with van der Waals surface area (Å²) >= 11 is 0. The van der Waals surface area contributed by atoms with E-state index in [9.17, 15) is 14.3 Å². The van der Waals surface area contributed by atoms with Crippen LogP contribution >= 0.6 is 0 Å². The minimum atomic E-state index is -0.858. The van der Waals surface area contributed by atoms with Crippen molar-refractivity contribution in [3.8, 4) is 11.5 Å². The number of rotatable bonds is 12. The van der Waals surface area contributed by atoms with E-state index in [1.54, 1.807) is 26.4 Å². The zero-order valence-electron chi connectivity index (χ0n) is 17.8. The molecule has 0 aliphatic rings. The number of carbonyl (C=O) groups excluding carboxylic acids is 1. The Morgan fingerprint density at radius 2 is 1.83 bits per heavy atom. The van der Waals surface area contributed by atoms with Gasteiger partial charge in [0.2, 0.25) is 0 Å². The average molecular weight is 419 g/mol. The fraction of sp³-hybridized carbons (Fsp3) is 0.435. The third kappa shape index (κ3) is 7.31. The van der Waals surface area contributed by atoms with Gasteiger partial charge in [-0.1, -0.05) is 31.2 Å². The number of aliphatic hydroxyl groups is 1. The number of carbonyl (C=O) groups is 1. The molecule has 0 saturated carbocycles. The standard InChI is InChI=1S/C23H30FNO5/c1-4-6-22(27)30-16-20(26)15-25(13-17-9-11-19(24)12-10-17)14-18-7-5-8-21(28-2)23(18)29-3/h5,7-12,20,26H,4,6,13-16H2,1-3H3/t20-/m0/s1. The quantitative estimate of drug-likeness (QED) is 0.531. The first-order chi connectivity index (χ1) is 14.5. The number of methoxy groups -OCH3 is 2. The Balaban J connectivity index is 2.14. The second kappa shape index (κ2) is 12.1. The Hall–Kier alpha value is -2.64. The highest BCUT2D eigenvalue weighted by Gasteiger charge is 2.18. The van der Waals surface area contributed by atoms with E-state index in [1.165, 1.54) is 12.1 Å².